The Morgan fingerprint density at radius 2 is 2.11 bits per heavy atom. The molecule has 0 atom stereocenters. The summed E-state index contributed by atoms with van der Waals surface area (Å²) in [6, 6.07) is 7.75. The van der Waals surface area contributed by atoms with Crippen LogP contribution in [0.1, 0.15) is 18.9 Å². The van der Waals surface area contributed by atoms with E-state index in [1.807, 2.05) is 24.3 Å². The highest BCUT2D eigenvalue weighted by atomic mass is 16.4. The van der Waals surface area contributed by atoms with Crippen LogP contribution in [0.25, 0.3) is 0 Å². The number of carboxylic acids is 1. The van der Waals surface area contributed by atoms with Gasteiger partial charge in [-0.15, -0.1) is 0 Å². The lowest BCUT2D eigenvalue weighted by Gasteiger charge is -2.29. The number of anilines is 1. The molecule has 2 rings (SSSR count). The van der Waals surface area contributed by atoms with Crippen molar-refractivity contribution in [3.63, 3.8) is 0 Å². The number of aliphatic carboxylic acids is 1. The van der Waals surface area contributed by atoms with Gasteiger partial charge in [-0.3, -0.25) is 4.79 Å². The van der Waals surface area contributed by atoms with Gasteiger partial charge in [-0.2, -0.15) is 0 Å². The molecular formula is C14H15NO3. The van der Waals surface area contributed by atoms with Gasteiger partial charge in [0.15, 0.2) is 0 Å². The molecule has 0 aromatic heterocycles. The number of hydrogen-bond acceptors (Lipinski definition) is 2. The Morgan fingerprint density at radius 1 is 1.39 bits per heavy atom. The molecule has 4 nitrogen and oxygen atoms in total. The Hall–Kier alpha value is -2.10. The molecule has 1 N–H and O–H groups in total. The monoisotopic (exact) mass is 245 g/mol. The van der Waals surface area contributed by atoms with Crippen LogP contribution in [0, 0.1) is 0 Å². The maximum Gasteiger partial charge on any atom is 0.328 e. The predicted octanol–water partition coefficient (Wildman–Crippen LogP) is 2.00. The van der Waals surface area contributed by atoms with E-state index in [0.717, 1.165) is 23.7 Å². The zero-order chi connectivity index (χ0) is 13.1. The first-order valence-corrected chi connectivity index (χ1v) is 5.86. The van der Waals surface area contributed by atoms with Crippen LogP contribution in [0.15, 0.2) is 35.9 Å². The lowest BCUT2D eigenvalue weighted by Crippen LogP contribution is -2.36. The summed E-state index contributed by atoms with van der Waals surface area (Å²) in [7, 11) is 0. The van der Waals surface area contributed by atoms with E-state index in [2.05, 4.69) is 0 Å². The van der Waals surface area contributed by atoms with Gasteiger partial charge in [0.2, 0.25) is 5.91 Å². The number of carbonyl (C=O) groups excluding carboxylic acids is 1. The van der Waals surface area contributed by atoms with Crippen LogP contribution in [0.2, 0.25) is 0 Å². The van der Waals surface area contributed by atoms with Crippen molar-refractivity contribution in [2.24, 2.45) is 0 Å². The summed E-state index contributed by atoms with van der Waals surface area (Å²) in [5.74, 6) is -0.933. The minimum absolute atomic E-state index is 0.0480. The number of rotatable bonds is 3. The average molecular weight is 245 g/mol. The van der Waals surface area contributed by atoms with Crippen LogP contribution in [0.3, 0.4) is 0 Å². The van der Waals surface area contributed by atoms with E-state index < -0.39 is 5.97 Å². The Kier molecular flexibility index (Phi) is 3.46. The number of nitrogens with zero attached hydrogens (tertiary/aromatic N) is 1. The van der Waals surface area contributed by atoms with Crippen molar-refractivity contribution >= 4 is 17.6 Å². The molecule has 0 spiro atoms. The van der Waals surface area contributed by atoms with Gasteiger partial charge < -0.3 is 10.0 Å². The molecule has 0 aliphatic carbocycles. The van der Waals surface area contributed by atoms with E-state index in [9.17, 15) is 9.59 Å². The molecule has 1 amide bonds. The lowest BCUT2D eigenvalue weighted by molar-refractivity contribution is -0.131. The van der Waals surface area contributed by atoms with Crippen LogP contribution in [-0.4, -0.2) is 23.5 Å². The molecule has 1 aliphatic rings. The summed E-state index contributed by atoms with van der Waals surface area (Å²) in [6.45, 7) is 2.06. The summed E-state index contributed by atoms with van der Waals surface area (Å²) in [5.41, 5.74) is 2.69. The highest BCUT2D eigenvalue weighted by Gasteiger charge is 2.23. The Balaban J connectivity index is 2.27. The minimum Gasteiger partial charge on any atom is -0.478 e. The third-order valence-corrected chi connectivity index (χ3v) is 2.97. The zero-order valence-corrected chi connectivity index (χ0v) is 10.2. The van der Waals surface area contributed by atoms with Crippen molar-refractivity contribution in [1.82, 2.24) is 0 Å². The standard InChI is InChI=1S/C14H15NO3/c1-10(8-14(17)18)9-15-12-5-3-2-4-11(12)6-7-13(15)16/h2-5,8H,6-7,9H2,1H3,(H,17,18). The number of amides is 1. The highest BCUT2D eigenvalue weighted by Crippen LogP contribution is 2.27. The highest BCUT2D eigenvalue weighted by molar-refractivity contribution is 5.97. The van der Waals surface area contributed by atoms with E-state index in [4.69, 9.17) is 5.11 Å². The molecule has 1 aromatic rings. The number of fused-ring (bicyclic) bond motifs is 1. The predicted molar refractivity (Wildman–Crippen MR) is 68.5 cm³/mol. The van der Waals surface area contributed by atoms with Gasteiger partial charge in [0, 0.05) is 24.7 Å². The van der Waals surface area contributed by atoms with E-state index in [0.29, 0.717) is 18.5 Å². The largest absolute Gasteiger partial charge is 0.478 e. The Bertz CT molecular complexity index is 520. The molecule has 18 heavy (non-hydrogen) atoms. The molecule has 94 valence electrons. The summed E-state index contributed by atoms with van der Waals surface area (Å²) in [4.78, 5) is 24.2. The minimum atomic E-state index is -0.981. The van der Waals surface area contributed by atoms with Gasteiger partial charge in [0.25, 0.3) is 0 Å². The maximum atomic E-state index is 11.9. The smallest absolute Gasteiger partial charge is 0.328 e. The topological polar surface area (TPSA) is 57.6 Å². The lowest BCUT2D eigenvalue weighted by atomic mass is 10.0. The molecule has 1 aliphatic heterocycles. The molecule has 0 saturated heterocycles. The molecule has 0 unspecified atom stereocenters. The molecule has 0 fully saturated rings. The van der Waals surface area contributed by atoms with Crippen LogP contribution in [-0.2, 0) is 16.0 Å². The quantitative estimate of drug-likeness (QED) is 0.828. The molecular weight excluding hydrogens is 230 g/mol. The van der Waals surface area contributed by atoms with Crippen molar-refractivity contribution in [3.8, 4) is 0 Å². The van der Waals surface area contributed by atoms with E-state index in [1.54, 1.807) is 11.8 Å². The van der Waals surface area contributed by atoms with Crippen molar-refractivity contribution < 1.29 is 14.7 Å². The molecule has 4 heteroatoms. The van der Waals surface area contributed by atoms with Crippen LogP contribution < -0.4 is 4.90 Å². The second-order valence-electron chi connectivity index (χ2n) is 4.44. The number of hydrogen-bond donors (Lipinski definition) is 1. The SMILES string of the molecule is CC(=CC(=O)O)CN1C(=O)CCc2ccccc21. The number of aryl methyl sites for hydroxylation is 1. The average Bonchev–Trinajstić information content (AvgIpc) is 2.32. The molecule has 0 radical (unpaired) electrons. The molecule has 1 aromatic carbocycles. The Morgan fingerprint density at radius 3 is 2.83 bits per heavy atom. The van der Waals surface area contributed by atoms with Crippen molar-refractivity contribution in [1.29, 1.82) is 0 Å². The van der Waals surface area contributed by atoms with Crippen molar-refractivity contribution in [2.45, 2.75) is 19.8 Å². The van der Waals surface area contributed by atoms with Crippen LogP contribution in [0.5, 0.6) is 0 Å². The van der Waals surface area contributed by atoms with E-state index >= 15 is 0 Å². The summed E-state index contributed by atoms with van der Waals surface area (Å²) in [6.07, 6.45) is 2.38. The normalized spacial score (nSPS) is 15.5. The number of carbonyl (C=O) groups is 2. The fraction of sp³-hybridized carbons (Fsp3) is 0.286. The molecule has 0 saturated carbocycles. The van der Waals surface area contributed by atoms with E-state index in [1.165, 1.54) is 0 Å². The van der Waals surface area contributed by atoms with Crippen LogP contribution >= 0.6 is 0 Å². The van der Waals surface area contributed by atoms with Gasteiger partial charge in [0.1, 0.15) is 0 Å². The summed E-state index contributed by atoms with van der Waals surface area (Å²) >= 11 is 0. The second-order valence-corrected chi connectivity index (χ2v) is 4.44. The van der Waals surface area contributed by atoms with Gasteiger partial charge in [-0.1, -0.05) is 18.2 Å². The van der Waals surface area contributed by atoms with E-state index in [-0.39, 0.29) is 5.91 Å². The number of benzene rings is 1. The fourth-order valence-corrected chi connectivity index (χ4v) is 2.18. The zero-order valence-electron chi connectivity index (χ0n) is 10.2. The molecule has 0 bridgehead atoms. The molecule has 1 heterocycles. The third kappa shape index (κ3) is 2.59. The number of para-hydroxylation sites is 1. The Labute approximate surface area is 106 Å². The number of carboxylic acid groups (broad SMARTS) is 1. The van der Waals surface area contributed by atoms with Gasteiger partial charge in [-0.05, 0) is 30.5 Å². The van der Waals surface area contributed by atoms with Gasteiger partial charge >= 0.3 is 5.97 Å². The first-order chi connectivity index (χ1) is 8.58. The summed E-state index contributed by atoms with van der Waals surface area (Å²) in [5, 5.41) is 8.69. The van der Waals surface area contributed by atoms with Gasteiger partial charge in [-0.25, -0.2) is 4.79 Å². The first kappa shape index (κ1) is 12.4. The second kappa shape index (κ2) is 5.04. The third-order valence-electron chi connectivity index (χ3n) is 2.97. The van der Waals surface area contributed by atoms with Crippen molar-refractivity contribution in [2.75, 3.05) is 11.4 Å². The van der Waals surface area contributed by atoms with Crippen molar-refractivity contribution in [3.05, 3.63) is 41.5 Å². The van der Waals surface area contributed by atoms with Crippen LogP contribution in [0.4, 0.5) is 5.69 Å². The maximum absolute atomic E-state index is 11.9. The fourth-order valence-electron chi connectivity index (χ4n) is 2.18. The summed E-state index contributed by atoms with van der Waals surface area (Å²) < 4.78 is 0. The first-order valence-electron chi connectivity index (χ1n) is 5.86. The van der Waals surface area contributed by atoms with Gasteiger partial charge in [0.05, 0.1) is 0 Å².